The lowest BCUT2D eigenvalue weighted by Gasteiger charge is -2.27. The Labute approximate surface area is 99.5 Å². The van der Waals surface area contributed by atoms with Crippen LogP contribution >= 0.6 is 0 Å². The molecule has 0 atom stereocenters. The van der Waals surface area contributed by atoms with Crippen LogP contribution in [0.15, 0.2) is 24.3 Å². The second-order valence-electron chi connectivity index (χ2n) is 5.09. The van der Waals surface area contributed by atoms with Crippen LogP contribution in [0.1, 0.15) is 53.1 Å². The van der Waals surface area contributed by atoms with Gasteiger partial charge in [0.2, 0.25) is 5.91 Å². The molecule has 0 heterocycles. The van der Waals surface area contributed by atoms with Gasteiger partial charge in [-0.15, -0.1) is 0 Å². The van der Waals surface area contributed by atoms with Gasteiger partial charge >= 0.3 is 0 Å². The third-order valence-corrected chi connectivity index (χ3v) is 2.76. The predicted octanol–water partition coefficient (Wildman–Crippen LogP) is 3.43. The standard InChI is InChI=1S/C14H21NO.H2/c1-10(2)12-7-6-8-13(9-12)14(4,5)15-11(3)16;/h6-10H,1-5H3,(H,15,16);1H. The molecule has 1 N–H and O–H groups in total. The molecule has 1 aromatic rings. The van der Waals surface area contributed by atoms with Gasteiger partial charge in [0, 0.05) is 8.35 Å². The summed E-state index contributed by atoms with van der Waals surface area (Å²) in [5.41, 5.74) is 2.14. The van der Waals surface area contributed by atoms with E-state index in [1.54, 1.807) is 6.92 Å². The van der Waals surface area contributed by atoms with E-state index < -0.39 is 0 Å². The fourth-order valence-corrected chi connectivity index (χ4v) is 1.80. The zero-order chi connectivity index (χ0) is 12.3. The summed E-state index contributed by atoms with van der Waals surface area (Å²) < 4.78 is 0. The molecule has 16 heavy (non-hydrogen) atoms. The van der Waals surface area contributed by atoms with Crippen LogP contribution in [0.5, 0.6) is 0 Å². The third kappa shape index (κ3) is 3.09. The van der Waals surface area contributed by atoms with E-state index in [4.69, 9.17) is 0 Å². The van der Waals surface area contributed by atoms with Gasteiger partial charge in [0.25, 0.3) is 0 Å². The van der Waals surface area contributed by atoms with Crippen molar-refractivity contribution in [2.24, 2.45) is 0 Å². The average molecular weight is 221 g/mol. The summed E-state index contributed by atoms with van der Waals surface area (Å²) in [7, 11) is 0. The topological polar surface area (TPSA) is 29.1 Å². The highest BCUT2D eigenvalue weighted by atomic mass is 16.1. The number of carbonyl (C=O) groups excluding carboxylic acids is 1. The first kappa shape index (κ1) is 12.8. The Morgan fingerprint density at radius 3 is 2.50 bits per heavy atom. The molecule has 0 aliphatic carbocycles. The molecule has 1 rings (SSSR count). The summed E-state index contributed by atoms with van der Waals surface area (Å²) in [6.07, 6.45) is 0. The molecule has 0 aromatic heterocycles. The van der Waals surface area contributed by atoms with E-state index in [9.17, 15) is 4.79 Å². The van der Waals surface area contributed by atoms with Crippen LogP contribution in [0.2, 0.25) is 0 Å². The second kappa shape index (κ2) is 4.69. The van der Waals surface area contributed by atoms with Gasteiger partial charge in [0.05, 0.1) is 5.54 Å². The van der Waals surface area contributed by atoms with Crippen LogP contribution < -0.4 is 5.32 Å². The van der Waals surface area contributed by atoms with Crippen molar-refractivity contribution in [2.75, 3.05) is 0 Å². The zero-order valence-corrected chi connectivity index (χ0v) is 10.8. The van der Waals surface area contributed by atoms with Crippen molar-refractivity contribution in [1.29, 1.82) is 0 Å². The molecule has 2 heteroatoms. The predicted molar refractivity (Wildman–Crippen MR) is 69.5 cm³/mol. The lowest BCUT2D eigenvalue weighted by molar-refractivity contribution is -0.120. The largest absolute Gasteiger partial charge is 0.347 e. The molecule has 0 aliphatic heterocycles. The van der Waals surface area contributed by atoms with Crippen LogP contribution in [0, 0.1) is 0 Å². The summed E-state index contributed by atoms with van der Waals surface area (Å²) in [4.78, 5) is 11.1. The first-order valence-corrected chi connectivity index (χ1v) is 5.72. The summed E-state index contributed by atoms with van der Waals surface area (Å²) >= 11 is 0. The van der Waals surface area contributed by atoms with Crippen LogP contribution in [0.4, 0.5) is 0 Å². The summed E-state index contributed by atoms with van der Waals surface area (Å²) in [5.74, 6) is 0.507. The summed E-state index contributed by atoms with van der Waals surface area (Å²) in [6.45, 7) is 9.94. The molecule has 1 amide bonds. The van der Waals surface area contributed by atoms with Crippen LogP contribution in [0.25, 0.3) is 0 Å². The minimum absolute atomic E-state index is 0. The van der Waals surface area contributed by atoms with Crippen molar-refractivity contribution in [2.45, 2.75) is 46.1 Å². The number of carbonyl (C=O) groups is 1. The molecule has 0 fully saturated rings. The van der Waals surface area contributed by atoms with Gasteiger partial charge in [-0.1, -0.05) is 38.1 Å². The molecule has 90 valence electrons. The molecule has 1 aromatic carbocycles. The Hall–Kier alpha value is -1.31. The average Bonchev–Trinajstić information content (AvgIpc) is 2.16. The molecule has 2 nitrogen and oxygen atoms in total. The van der Waals surface area contributed by atoms with Crippen LogP contribution in [-0.2, 0) is 10.3 Å². The maximum Gasteiger partial charge on any atom is 0.217 e. The first-order valence-electron chi connectivity index (χ1n) is 5.72. The highest BCUT2D eigenvalue weighted by Crippen LogP contribution is 2.24. The molecule has 0 spiro atoms. The molecule has 0 saturated carbocycles. The van der Waals surface area contributed by atoms with Crippen LogP contribution in [0.3, 0.4) is 0 Å². The van der Waals surface area contributed by atoms with E-state index in [0.717, 1.165) is 5.56 Å². The maximum absolute atomic E-state index is 11.1. The number of amides is 1. The van der Waals surface area contributed by atoms with E-state index in [2.05, 4.69) is 37.4 Å². The van der Waals surface area contributed by atoms with Gasteiger partial charge in [-0.05, 0) is 30.9 Å². The van der Waals surface area contributed by atoms with Gasteiger partial charge in [-0.25, -0.2) is 0 Å². The maximum atomic E-state index is 11.1. The lowest BCUT2D eigenvalue weighted by Crippen LogP contribution is -2.39. The molecule has 0 unspecified atom stereocenters. The Morgan fingerprint density at radius 2 is 2.00 bits per heavy atom. The highest BCUT2D eigenvalue weighted by Gasteiger charge is 2.21. The minimum Gasteiger partial charge on any atom is -0.347 e. The Morgan fingerprint density at radius 1 is 1.38 bits per heavy atom. The van der Waals surface area contributed by atoms with Crippen LogP contribution in [-0.4, -0.2) is 5.91 Å². The SMILES string of the molecule is CC(=O)NC(C)(C)c1cccc(C(C)C)c1.[HH]. The van der Waals surface area contributed by atoms with Gasteiger partial charge in [0.1, 0.15) is 0 Å². The van der Waals surface area contributed by atoms with Gasteiger partial charge in [-0.2, -0.15) is 0 Å². The fourth-order valence-electron chi connectivity index (χ4n) is 1.80. The van der Waals surface area contributed by atoms with Gasteiger partial charge in [0.15, 0.2) is 0 Å². The van der Waals surface area contributed by atoms with Crippen molar-refractivity contribution in [1.82, 2.24) is 5.32 Å². The van der Waals surface area contributed by atoms with Crippen molar-refractivity contribution >= 4 is 5.91 Å². The van der Waals surface area contributed by atoms with Crippen molar-refractivity contribution < 1.29 is 6.22 Å². The molecular weight excluding hydrogens is 198 g/mol. The third-order valence-electron chi connectivity index (χ3n) is 2.76. The van der Waals surface area contributed by atoms with E-state index in [1.165, 1.54) is 5.56 Å². The minimum atomic E-state index is -0.309. The van der Waals surface area contributed by atoms with Crippen molar-refractivity contribution in [3.05, 3.63) is 35.4 Å². The summed E-state index contributed by atoms with van der Waals surface area (Å²) in [5, 5.41) is 2.96. The molecule has 0 bridgehead atoms. The number of benzene rings is 1. The smallest absolute Gasteiger partial charge is 0.217 e. The highest BCUT2D eigenvalue weighted by molar-refractivity contribution is 5.74. The lowest BCUT2D eigenvalue weighted by atomic mass is 9.90. The van der Waals surface area contributed by atoms with Crippen molar-refractivity contribution in [3.63, 3.8) is 0 Å². The van der Waals surface area contributed by atoms with Gasteiger partial charge < -0.3 is 5.32 Å². The Kier molecular flexibility index (Phi) is 3.74. The van der Waals surface area contributed by atoms with Crippen molar-refractivity contribution in [3.8, 4) is 0 Å². The quantitative estimate of drug-likeness (QED) is 0.832. The second-order valence-corrected chi connectivity index (χ2v) is 5.09. The molecular formula is C14H23NO. The molecule has 0 aliphatic rings. The number of rotatable bonds is 3. The first-order chi connectivity index (χ1) is 7.33. The fraction of sp³-hybridized carbons (Fsp3) is 0.500. The normalized spacial score (nSPS) is 11.6. The number of nitrogens with one attached hydrogen (secondary N) is 1. The van der Waals surface area contributed by atoms with E-state index in [0.29, 0.717) is 5.92 Å². The number of hydrogen-bond acceptors (Lipinski definition) is 1. The summed E-state index contributed by atoms with van der Waals surface area (Å²) in [6, 6.07) is 8.40. The Balaban J connectivity index is 0.00000256. The molecule has 0 saturated heterocycles. The Bertz CT molecular complexity index is 386. The number of hydrogen-bond donors (Lipinski definition) is 1. The zero-order valence-electron chi connectivity index (χ0n) is 10.8. The molecule has 0 radical (unpaired) electrons. The van der Waals surface area contributed by atoms with E-state index in [-0.39, 0.29) is 12.9 Å². The monoisotopic (exact) mass is 221 g/mol. The van der Waals surface area contributed by atoms with E-state index in [1.807, 2.05) is 19.9 Å². The van der Waals surface area contributed by atoms with E-state index >= 15 is 0 Å². The van der Waals surface area contributed by atoms with Gasteiger partial charge in [-0.3, -0.25) is 4.79 Å².